The maximum Gasteiger partial charge on any atom is 0.225 e. The zero-order valence-corrected chi connectivity index (χ0v) is 11.1. The van der Waals surface area contributed by atoms with E-state index in [1.54, 1.807) is 6.07 Å². The van der Waals surface area contributed by atoms with Gasteiger partial charge in [-0.25, -0.2) is 9.97 Å². The average molecular weight is 281 g/mol. The lowest BCUT2D eigenvalue weighted by atomic mass is 10.1. The van der Waals surface area contributed by atoms with Gasteiger partial charge < -0.3 is 5.32 Å². The number of nitrogens with zero attached hydrogens (tertiary/aromatic N) is 3. The molecule has 0 aliphatic rings. The maximum absolute atomic E-state index is 8.87. The summed E-state index contributed by atoms with van der Waals surface area (Å²) < 4.78 is 0. The van der Waals surface area contributed by atoms with E-state index in [1.807, 2.05) is 42.5 Å². The molecule has 0 radical (unpaired) electrons. The van der Waals surface area contributed by atoms with Gasteiger partial charge in [0.05, 0.1) is 0 Å². The Balaban J connectivity index is 1.97. The van der Waals surface area contributed by atoms with Gasteiger partial charge in [-0.15, -0.1) is 0 Å². The molecule has 0 saturated heterocycles. The van der Waals surface area contributed by atoms with Crippen LogP contribution < -0.4 is 5.32 Å². The first kappa shape index (κ1) is 12.4. The second-order valence-corrected chi connectivity index (χ2v) is 4.54. The minimum absolute atomic E-state index is 0.0485. The van der Waals surface area contributed by atoms with Gasteiger partial charge in [-0.05, 0) is 34.5 Å². The van der Waals surface area contributed by atoms with Crippen LogP contribution in [-0.2, 0) is 0 Å². The molecule has 20 heavy (non-hydrogen) atoms. The van der Waals surface area contributed by atoms with Crippen molar-refractivity contribution in [2.24, 2.45) is 0 Å². The highest BCUT2D eigenvalue weighted by molar-refractivity contribution is 6.28. The number of benzene rings is 2. The molecule has 4 nitrogen and oxygen atoms in total. The number of hydrogen-bond donors (Lipinski definition) is 1. The average Bonchev–Trinajstić information content (AvgIpc) is 2.46. The van der Waals surface area contributed by atoms with Crippen LogP contribution in [0.2, 0.25) is 5.28 Å². The zero-order chi connectivity index (χ0) is 13.9. The van der Waals surface area contributed by atoms with E-state index < -0.39 is 0 Å². The van der Waals surface area contributed by atoms with E-state index in [0.29, 0.717) is 5.82 Å². The predicted molar refractivity (Wildman–Crippen MR) is 79.0 cm³/mol. The Morgan fingerprint density at radius 2 is 1.80 bits per heavy atom. The fourth-order valence-electron chi connectivity index (χ4n) is 1.95. The highest BCUT2D eigenvalue weighted by Crippen LogP contribution is 2.22. The lowest BCUT2D eigenvalue weighted by Gasteiger charge is -2.07. The summed E-state index contributed by atoms with van der Waals surface area (Å²) in [4.78, 5) is 7.85. The summed E-state index contributed by atoms with van der Waals surface area (Å²) >= 11 is 5.78. The molecule has 1 aromatic heterocycles. The summed E-state index contributed by atoms with van der Waals surface area (Å²) in [6.07, 6.45) is 0. The molecule has 0 aliphatic heterocycles. The van der Waals surface area contributed by atoms with Crippen molar-refractivity contribution in [2.45, 2.75) is 0 Å². The molecular weight excluding hydrogens is 272 g/mol. The van der Waals surface area contributed by atoms with Crippen molar-refractivity contribution in [1.82, 2.24) is 9.97 Å². The molecule has 1 heterocycles. The van der Waals surface area contributed by atoms with Crippen molar-refractivity contribution in [3.63, 3.8) is 0 Å². The summed E-state index contributed by atoms with van der Waals surface area (Å²) in [6, 6.07) is 17.6. The predicted octanol–water partition coefficient (Wildman–Crippen LogP) is 3.90. The highest BCUT2D eigenvalue weighted by atomic mass is 35.5. The molecule has 3 aromatic rings. The SMILES string of the molecule is N#Cc1cc(Nc2ccc3ccccc3c2)nc(Cl)n1. The monoisotopic (exact) mass is 280 g/mol. The van der Waals surface area contributed by atoms with Crippen LogP contribution in [0.5, 0.6) is 0 Å². The maximum atomic E-state index is 8.87. The normalized spacial score (nSPS) is 10.2. The molecule has 3 rings (SSSR count). The highest BCUT2D eigenvalue weighted by Gasteiger charge is 2.03. The second-order valence-electron chi connectivity index (χ2n) is 4.21. The Kier molecular flexibility index (Phi) is 3.20. The zero-order valence-electron chi connectivity index (χ0n) is 10.3. The minimum Gasteiger partial charge on any atom is -0.340 e. The number of fused-ring (bicyclic) bond motifs is 1. The van der Waals surface area contributed by atoms with Gasteiger partial charge in [0.25, 0.3) is 0 Å². The van der Waals surface area contributed by atoms with E-state index in [2.05, 4.69) is 21.4 Å². The molecule has 0 bridgehead atoms. The Labute approximate surface area is 120 Å². The molecule has 0 saturated carbocycles. The van der Waals surface area contributed by atoms with Crippen LogP contribution in [0.4, 0.5) is 11.5 Å². The Hall–Kier alpha value is -2.64. The topological polar surface area (TPSA) is 61.6 Å². The van der Waals surface area contributed by atoms with Crippen molar-refractivity contribution in [2.75, 3.05) is 5.32 Å². The van der Waals surface area contributed by atoms with E-state index in [0.717, 1.165) is 16.5 Å². The lowest BCUT2D eigenvalue weighted by Crippen LogP contribution is -1.97. The van der Waals surface area contributed by atoms with Gasteiger partial charge in [-0.2, -0.15) is 5.26 Å². The first-order valence-corrected chi connectivity index (χ1v) is 6.33. The summed E-state index contributed by atoms with van der Waals surface area (Å²) in [6.45, 7) is 0. The Morgan fingerprint density at radius 1 is 1.00 bits per heavy atom. The first-order valence-electron chi connectivity index (χ1n) is 5.95. The number of rotatable bonds is 2. The molecule has 1 N–H and O–H groups in total. The molecule has 0 atom stereocenters. The third-order valence-electron chi connectivity index (χ3n) is 2.84. The van der Waals surface area contributed by atoms with Crippen molar-refractivity contribution in [1.29, 1.82) is 5.26 Å². The molecule has 5 heteroatoms. The van der Waals surface area contributed by atoms with E-state index in [9.17, 15) is 0 Å². The van der Waals surface area contributed by atoms with Crippen LogP contribution in [-0.4, -0.2) is 9.97 Å². The van der Waals surface area contributed by atoms with Crippen LogP contribution >= 0.6 is 11.6 Å². The van der Waals surface area contributed by atoms with Crippen LogP contribution in [0.1, 0.15) is 5.69 Å². The third-order valence-corrected chi connectivity index (χ3v) is 3.00. The molecule has 0 fully saturated rings. The van der Waals surface area contributed by atoms with Crippen LogP contribution in [0, 0.1) is 11.3 Å². The third kappa shape index (κ3) is 2.53. The first-order chi connectivity index (χ1) is 9.74. The van der Waals surface area contributed by atoms with Gasteiger partial charge in [-0.3, -0.25) is 0 Å². The lowest BCUT2D eigenvalue weighted by molar-refractivity contribution is 1.14. The van der Waals surface area contributed by atoms with Crippen molar-refractivity contribution in [3.05, 3.63) is 59.5 Å². The van der Waals surface area contributed by atoms with Gasteiger partial charge in [0, 0.05) is 11.8 Å². The van der Waals surface area contributed by atoms with Crippen molar-refractivity contribution < 1.29 is 0 Å². The Morgan fingerprint density at radius 3 is 2.60 bits per heavy atom. The summed E-state index contributed by atoms with van der Waals surface area (Å²) in [7, 11) is 0. The number of hydrogen-bond acceptors (Lipinski definition) is 4. The molecule has 2 aromatic carbocycles. The molecule has 0 amide bonds. The van der Waals surface area contributed by atoms with Crippen LogP contribution in [0.25, 0.3) is 10.8 Å². The molecular formula is C15H9ClN4. The van der Waals surface area contributed by atoms with Crippen molar-refractivity contribution in [3.8, 4) is 6.07 Å². The van der Waals surface area contributed by atoms with E-state index >= 15 is 0 Å². The summed E-state index contributed by atoms with van der Waals surface area (Å²) in [5.74, 6) is 0.497. The van der Waals surface area contributed by atoms with Gasteiger partial charge in [0.15, 0.2) is 0 Å². The van der Waals surface area contributed by atoms with E-state index in [-0.39, 0.29) is 11.0 Å². The summed E-state index contributed by atoms with van der Waals surface area (Å²) in [5, 5.41) is 14.3. The van der Waals surface area contributed by atoms with Crippen LogP contribution in [0.15, 0.2) is 48.5 Å². The number of nitriles is 1. The second kappa shape index (κ2) is 5.16. The molecule has 96 valence electrons. The number of anilines is 2. The van der Waals surface area contributed by atoms with Crippen molar-refractivity contribution >= 4 is 33.9 Å². The largest absolute Gasteiger partial charge is 0.340 e. The van der Waals surface area contributed by atoms with Crippen LogP contribution in [0.3, 0.4) is 0 Å². The molecule has 0 aliphatic carbocycles. The number of aromatic nitrogens is 2. The quantitative estimate of drug-likeness (QED) is 0.723. The summed E-state index contributed by atoms with van der Waals surface area (Å²) in [5.41, 5.74) is 1.11. The standard InChI is InChI=1S/C15H9ClN4/c16-15-19-13(9-17)8-14(20-15)18-12-6-5-10-3-1-2-4-11(10)7-12/h1-8H,(H,18,19,20). The van der Waals surface area contributed by atoms with Gasteiger partial charge >= 0.3 is 0 Å². The van der Waals surface area contributed by atoms with E-state index in [4.69, 9.17) is 16.9 Å². The van der Waals surface area contributed by atoms with Gasteiger partial charge in [-0.1, -0.05) is 30.3 Å². The fourth-order valence-corrected chi connectivity index (χ4v) is 2.14. The van der Waals surface area contributed by atoms with Gasteiger partial charge in [0.1, 0.15) is 17.6 Å². The minimum atomic E-state index is 0.0485. The smallest absolute Gasteiger partial charge is 0.225 e. The molecule has 0 unspecified atom stereocenters. The Bertz CT molecular complexity index is 823. The number of nitrogens with one attached hydrogen (secondary N) is 1. The van der Waals surface area contributed by atoms with Gasteiger partial charge in [0.2, 0.25) is 5.28 Å². The number of halogens is 1. The van der Waals surface area contributed by atoms with E-state index in [1.165, 1.54) is 0 Å². The molecule has 0 spiro atoms. The fraction of sp³-hybridized carbons (Fsp3) is 0.